The molecule has 0 aliphatic rings. The number of hydrogen-bond donors (Lipinski definition) is 7. The minimum atomic E-state index is -2.02. The van der Waals surface area contributed by atoms with Crippen LogP contribution in [0.25, 0.3) is 0 Å². The predicted octanol–water partition coefficient (Wildman–Crippen LogP) is -4.73. The number of aliphatic hydroxyl groups excluding tert-OH is 6. The van der Waals surface area contributed by atoms with Crippen LogP contribution in [0.15, 0.2) is 0 Å². The van der Waals surface area contributed by atoms with E-state index in [4.69, 9.17) is 36.4 Å². The third-order valence-corrected chi connectivity index (χ3v) is 1.89. The Hall–Kier alpha value is -0.610. The van der Waals surface area contributed by atoms with Crippen LogP contribution in [0.1, 0.15) is 0 Å². The van der Waals surface area contributed by atoms with Crippen molar-refractivity contribution in [1.29, 1.82) is 0 Å². The summed E-state index contributed by atoms with van der Waals surface area (Å²) in [5.41, 5.74) is 4.80. The Balaban J connectivity index is 4.42. The van der Waals surface area contributed by atoms with Gasteiger partial charge in [-0.15, -0.1) is 0 Å². The van der Waals surface area contributed by atoms with Crippen molar-refractivity contribution in [1.82, 2.24) is 0 Å². The summed E-state index contributed by atoms with van der Waals surface area (Å²) in [7, 11) is 0. The Kier molecular flexibility index (Phi) is 5.83. The molecule has 0 aliphatic carbocycles. The van der Waals surface area contributed by atoms with Crippen LogP contribution in [0.4, 0.5) is 0 Å². The lowest BCUT2D eigenvalue weighted by Crippen LogP contribution is -2.54. The van der Waals surface area contributed by atoms with E-state index < -0.39 is 36.7 Å². The molecule has 8 nitrogen and oxygen atoms in total. The quantitative estimate of drug-likeness (QED) is 0.175. The summed E-state index contributed by atoms with van der Waals surface area (Å²) in [6.07, 6.45) is -11.7. The second-order valence-electron chi connectivity index (χ2n) is 3.08. The van der Waals surface area contributed by atoms with Crippen LogP contribution in [0.2, 0.25) is 0 Å². The lowest BCUT2D eigenvalue weighted by atomic mass is 9.99. The molecule has 0 fully saturated rings. The highest BCUT2D eigenvalue weighted by Crippen LogP contribution is 2.08. The maximum atomic E-state index is 10.0. The molecule has 0 bridgehead atoms. The fourth-order valence-corrected chi connectivity index (χ4v) is 0.889. The zero-order valence-electron chi connectivity index (χ0n) is 7.71. The topological polar surface area (TPSA) is 164 Å². The molecule has 6 atom stereocenters. The Bertz CT molecular complexity index is 200. The lowest BCUT2D eigenvalue weighted by Gasteiger charge is -2.28. The van der Waals surface area contributed by atoms with E-state index in [9.17, 15) is 4.79 Å². The summed E-state index contributed by atoms with van der Waals surface area (Å²) in [5, 5.41) is 53.8. The maximum Gasteiger partial charge on any atom is 0.151 e. The molecule has 0 saturated carbocycles. The second kappa shape index (κ2) is 6.08. The van der Waals surface area contributed by atoms with Gasteiger partial charge in [0, 0.05) is 0 Å². The molecule has 15 heavy (non-hydrogen) atoms. The van der Waals surface area contributed by atoms with Crippen molar-refractivity contribution in [3.05, 3.63) is 0 Å². The van der Waals surface area contributed by atoms with Crippen LogP contribution in [0.3, 0.4) is 0 Å². The number of rotatable bonds is 6. The van der Waals surface area contributed by atoms with Gasteiger partial charge in [-0.2, -0.15) is 0 Å². The normalized spacial score (nSPS) is 23.7. The van der Waals surface area contributed by atoms with Crippen molar-refractivity contribution in [2.75, 3.05) is 0 Å². The second-order valence-corrected chi connectivity index (χ2v) is 3.08. The number of carbonyl (C=O) groups is 1. The van der Waals surface area contributed by atoms with E-state index in [1.165, 1.54) is 0 Å². The van der Waals surface area contributed by atoms with Gasteiger partial charge in [0.2, 0.25) is 0 Å². The predicted molar refractivity (Wildman–Crippen MR) is 46.3 cm³/mol. The molecule has 90 valence electrons. The molecule has 0 rings (SSSR count). The standard InChI is InChI=1S/C7H15NO7/c8-7(15)6(14)5(13)4(12)3(11)2(10)1-9/h1-7,10-15H,8H2. The molecule has 8 N–H and O–H groups in total. The molecule has 0 aromatic rings. The number of carbonyl (C=O) groups excluding carboxylic acids is 1. The van der Waals surface area contributed by atoms with Gasteiger partial charge in [-0.25, -0.2) is 0 Å². The minimum Gasteiger partial charge on any atom is -0.387 e. The van der Waals surface area contributed by atoms with Gasteiger partial charge in [-0.1, -0.05) is 0 Å². The van der Waals surface area contributed by atoms with Crippen molar-refractivity contribution < 1.29 is 35.4 Å². The first-order valence-electron chi connectivity index (χ1n) is 4.12. The lowest BCUT2D eigenvalue weighted by molar-refractivity contribution is -0.155. The van der Waals surface area contributed by atoms with Gasteiger partial charge in [0.15, 0.2) is 6.29 Å². The molecular formula is C7H15NO7. The molecule has 0 aromatic heterocycles. The fraction of sp³-hybridized carbons (Fsp3) is 0.857. The van der Waals surface area contributed by atoms with Gasteiger partial charge in [0.05, 0.1) is 0 Å². The Labute approximate surface area is 85.2 Å². The summed E-state index contributed by atoms with van der Waals surface area (Å²) in [4.78, 5) is 10.0. The molecular weight excluding hydrogens is 210 g/mol. The fourth-order valence-electron chi connectivity index (χ4n) is 0.889. The molecule has 0 amide bonds. The van der Waals surface area contributed by atoms with Gasteiger partial charge < -0.3 is 41.2 Å². The summed E-state index contributed by atoms with van der Waals surface area (Å²) >= 11 is 0. The van der Waals surface area contributed by atoms with Gasteiger partial charge in [0.1, 0.15) is 36.7 Å². The van der Waals surface area contributed by atoms with Gasteiger partial charge >= 0.3 is 0 Å². The van der Waals surface area contributed by atoms with E-state index in [2.05, 4.69) is 0 Å². The highest BCUT2D eigenvalue weighted by Gasteiger charge is 2.35. The average Bonchev–Trinajstić information content (AvgIpc) is 2.23. The van der Waals surface area contributed by atoms with Crippen molar-refractivity contribution >= 4 is 6.29 Å². The summed E-state index contributed by atoms with van der Waals surface area (Å²) in [6, 6.07) is 0. The van der Waals surface area contributed by atoms with Gasteiger partial charge in [-0.05, 0) is 0 Å². The van der Waals surface area contributed by atoms with E-state index in [1.807, 2.05) is 0 Å². The molecule has 6 unspecified atom stereocenters. The number of nitrogens with two attached hydrogens (primary N) is 1. The highest BCUT2D eigenvalue weighted by atomic mass is 16.4. The van der Waals surface area contributed by atoms with Gasteiger partial charge in [-0.3, -0.25) is 0 Å². The molecule has 0 saturated heterocycles. The first kappa shape index (κ1) is 14.4. The first-order valence-corrected chi connectivity index (χ1v) is 4.12. The zero-order valence-corrected chi connectivity index (χ0v) is 7.71. The van der Waals surface area contributed by atoms with E-state index in [0.717, 1.165) is 0 Å². The molecule has 8 heteroatoms. The Morgan fingerprint density at radius 3 is 1.53 bits per heavy atom. The smallest absolute Gasteiger partial charge is 0.151 e. The van der Waals surface area contributed by atoms with Crippen molar-refractivity contribution in [2.24, 2.45) is 5.73 Å². The highest BCUT2D eigenvalue weighted by molar-refractivity contribution is 5.56. The number of hydrogen-bond acceptors (Lipinski definition) is 8. The molecule has 0 aromatic carbocycles. The molecule has 0 spiro atoms. The Morgan fingerprint density at radius 2 is 1.20 bits per heavy atom. The SMILES string of the molecule is NC(O)C(O)C(O)C(O)C(O)C(O)C=O. The van der Waals surface area contributed by atoms with Crippen LogP contribution in [-0.2, 0) is 4.79 Å². The van der Waals surface area contributed by atoms with Crippen molar-refractivity contribution in [3.63, 3.8) is 0 Å². The molecule has 0 aliphatic heterocycles. The van der Waals surface area contributed by atoms with E-state index in [1.54, 1.807) is 0 Å². The van der Waals surface area contributed by atoms with Crippen LogP contribution in [0, 0.1) is 0 Å². The minimum absolute atomic E-state index is 0.0497. The monoisotopic (exact) mass is 225 g/mol. The van der Waals surface area contributed by atoms with Crippen molar-refractivity contribution in [2.45, 2.75) is 36.7 Å². The van der Waals surface area contributed by atoms with Crippen LogP contribution in [-0.4, -0.2) is 73.7 Å². The maximum absolute atomic E-state index is 10.0. The van der Waals surface area contributed by atoms with E-state index >= 15 is 0 Å². The van der Waals surface area contributed by atoms with Crippen LogP contribution < -0.4 is 5.73 Å². The van der Waals surface area contributed by atoms with Crippen LogP contribution >= 0.6 is 0 Å². The average molecular weight is 225 g/mol. The van der Waals surface area contributed by atoms with Crippen LogP contribution in [0.5, 0.6) is 0 Å². The number of aldehydes is 1. The number of aliphatic hydroxyl groups is 6. The van der Waals surface area contributed by atoms with E-state index in [-0.39, 0.29) is 6.29 Å². The summed E-state index contributed by atoms with van der Waals surface area (Å²) in [5.74, 6) is 0. The van der Waals surface area contributed by atoms with E-state index in [0.29, 0.717) is 0 Å². The third kappa shape index (κ3) is 3.80. The summed E-state index contributed by atoms with van der Waals surface area (Å²) in [6.45, 7) is 0. The van der Waals surface area contributed by atoms with Gasteiger partial charge in [0.25, 0.3) is 0 Å². The first-order chi connectivity index (χ1) is 6.82. The largest absolute Gasteiger partial charge is 0.387 e. The third-order valence-electron chi connectivity index (χ3n) is 1.89. The summed E-state index contributed by atoms with van der Waals surface area (Å²) < 4.78 is 0. The van der Waals surface area contributed by atoms with Crippen molar-refractivity contribution in [3.8, 4) is 0 Å². The molecule has 0 heterocycles. The molecule has 0 radical (unpaired) electrons. The Morgan fingerprint density at radius 1 is 0.800 bits per heavy atom. The zero-order chi connectivity index (χ0) is 12.2.